The molecule has 19 heavy (non-hydrogen) atoms. The third kappa shape index (κ3) is 3.24. The summed E-state index contributed by atoms with van der Waals surface area (Å²) in [5.74, 6) is -0.572. The van der Waals surface area contributed by atoms with Crippen molar-refractivity contribution in [2.24, 2.45) is 11.3 Å². The van der Waals surface area contributed by atoms with Crippen LogP contribution in [0.2, 0.25) is 4.34 Å². The molecular weight excluding hydrogens is 286 g/mol. The van der Waals surface area contributed by atoms with Crippen LogP contribution >= 0.6 is 23.1 Å². The molecule has 0 aliphatic carbocycles. The quantitative estimate of drug-likeness (QED) is 0.926. The normalized spacial score (nSPS) is 21.5. The predicted octanol–water partition coefficient (Wildman–Crippen LogP) is 2.51. The average Bonchev–Trinajstić information content (AvgIpc) is 2.75. The molecule has 2 heterocycles. The SMILES string of the molecule is CC(C)(C(=O)O)C1CCCN(Cc2nnsc2Cl)C1. The van der Waals surface area contributed by atoms with Gasteiger partial charge >= 0.3 is 5.97 Å². The number of likely N-dealkylation sites (tertiary alicyclic amines) is 1. The van der Waals surface area contributed by atoms with E-state index >= 15 is 0 Å². The zero-order valence-electron chi connectivity index (χ0n) is 11.1. The highest BCUT2D eigenvalue weighted by Gasteiger charge is 2.39. The highest BCUT2D eigenvalue weighted by Crippen LogP contribution is 2.34. The lowest BCUT2D eigenvalue weighted by atomic mass is 9.74. The topological polar surface area (TPSA) is 66.3 Å². The molecule has 1 atom stereocenters. The van der Waals surface area contributed by atoms with E-state index in [1.807, 2.05) is 0 Å². The molecule has 1 saturated heterocycles. The van der Waals surface area contributed by atoms with Crippen molar-refractivity contribution in [2.75, 3.05) is 13.1 Å². The average molecular weight is 304 g/mol. The summed E-state index contributed by atoms with van der Waals surface area (Å²) in [4.78, 5) is 13.6. The van der Waals surface area contributed by atoms with Crippen LogP contribution in [0.1, 0.15) is 32.4 Å². The Kier molecular flexibility index (Phi) is 4.43. The van der Waals surface area contributed by atoms with Gasteiger partial charge < -0.3 is 5.11 Å². The monoisotopic (exact) mass is 303 g/mol. The number of hydrogen-bond donors (Lipinski definition) is 1. The first-order valence-corrected chi connectivity index (χ1v) is 7.49. The van der Waals surface area contributed by atoms with Crippen molar-refractivity contribution in [1.82, 2.24) is 14.5 Å². The molecule has 0 saturated carbocycles. The van der Waals surface area contributed by atoms with Gasteiger partial charge in [-0.3, -0.25) is 9.69 Å². The smallest absolute Gasteiger partial charge is 0.309 e. The van der Waals surface area contributed by atoms with Crippen molar-refractivity contribution in [1.29, 1.82) is 0 Å². The minimum absolute atomic E-state index is 0.157. The summed E-state index contributed by atoms with van der Waals surface area (Å²) in [6.07, 6.45) is 1.97. The van der Waals surface area contributed by atoms with Gasteiger partial charge in [0.15, 0.2) is 0 Å². The van der Waals surface area contributed by atoms with Gasteiger partial charge in [0.05, 0.1) is 5.41 Å². The molecule has 0 radical (unpaired) electrons. The number of rotatable bonds is 4. The fourth-order valence-electron chi connectivity index (χ4n) is 2.47. The number of carbonyl (C=O) groups is 1. The zero-order valence-corrected chi connectivity index (χ0v) is 12.7. The Balaban J connectivity index is 2.02. The fourth-order valence-corrected chi connectivity index (χ4v) is 3.08. The van der Waals surface area contributed by atoms with Gasteiger partial charge in [0.25, 0.3) is 0 Å². The van der Waals surface area contributed by atoms with Crippen molar-refractivity contribution >= 4 is 29.1 Å². The summed E-state index contributed by atoms with van der Waals surface area (Å²) in [5.41, 5.74) is 0.100. The Labute approximate surface area is 121 Å². The first-order valence-electron chi connectivity index (χ1n) is 6.33. The standard InChI is InChI=1S/C12H18ClN3O2S/c1-12(2,11(17)18)8-4-3-5-16(6-8)7-9-10(13)19-15-14-9/h8H,3-7H2,1-2H3,(H,17,18). The highest BCUT2D eigenvalue weighted by atomic mass is 35.5. The first kappa shape index (κ1) is 14.7. The van der Waals surface area contributed by atoms with Crippen molar-refractivity contribution in [3.63, 3.8) is 0 Å². The highest BCUT2D eigenvalue weighted by molar-refractivity contribution is 7.10. The maximum Gasteiger partial charge on any atom is 0.309 e. The molecule has 0 amide bonds. The van der Waals surface area contributed by atoms with Crippen LogP contribution in [0.3, 0.4) is 0 Å². The zero-order chi connectivity index (χ0) is 14.0. The molecule has 1 aliphatic heterocycles. The lowest BCUT2D eigenvalue weighted by molar-refractivity contribution is -0.151. The number of piperidine rings is 1. The maximum atomic E-state index is 11.3. The Morgan fingerprint density at radius 2 is 2.37 bits per heavy atom. The summed E-state index contributed by atoms with van der Waals surface area (Å²) >= 11 is 7.20. The summed E-state index contributed by atoms with van der Waals surface area (Å²) in [5, 5.41) is 13.3. The van der Waals surface area contributed by atoms with E-state index in [4.69, 9.17) is 11.6 Å². The second-order valence-corrected chi connectivity index (χ2v) is 6.95. The van der Waals surface area contributed by atoms with Crippen LogP contribution in [0.4, 0.5) is 0 Å². The Morgan fingerprint density at radius 3 is 2.95 bits per heavy atom. The van der Waals surface area contributed by atoms with Gasteiger partial charge in [-0.05, 0) is 39.2 Å². The van der Waals surface area contributed by atoms with Crippen LogP contribution in [0.25, 0.3) is 0 Å². The number of nitrogens with zero attached hydrogens (tertiary/aromatic N) is 3. The van der Waals surface area contributed by atoms with Gasteiger partial charge in [-0.25, -0.2) is 0 Å². The fraction of sp³-hybridized carbons (Fsp3) is 0.750. The van der Waals surface area contributed by atoms with Crippen molar-refractivity contribution in [3.8, 4) is 0 Å². The Hall–Kier alpha value is -0.720. The molecule has 1 unspecified atom stereocenters. The molecule has 1 aromatic heterocycles. The summed E-state index contributed by atoms with van der Waals surface area (Å²) in [6.45, 7) is 6.00. The van der Waals surface area contributed by atoms with E-state index in [-0.39, 0.29) is 5.92 Å². The van der Waals surface area contributed by atoms with Crippen LogP contribution in [0.5, 0.6) is 0 Å². The lowest BCUT2D eigenvalue weighted by Gasteiger charge is -2.39. The van der Waals surface area contributed by atoms with Crippen LogP contribution < -0.4 is 0 Å². The van der Waals surface area contributed by atoms with Crippen LogP contribution in [-0.4, -0.2) is 38.7 Å². The van der Waals surface area contributed by atoms with Crippen LogP contribution in [-0.2, 0) is 11.3 Å². The van der Waals surface area contributed by atoms with Crippen LogP contribution in [0.15, 0.2) is 0 Å². The van der Waals surface area contributed by atoms with E-state index in [9.17, 15) is 9.90 Å². The van der Waals surface area contributed by atoms with Gasteiger partial charge in [-0.2, -0.15) is 0 Å². The molecule has 1 N–H and O–H groups in total. The van der Waals surface area contributed by atoms with Gasteiger partial charge in [0.2, 0.25) is 0 Å². The molecular formula is C12H18ClN3O2S. The Morgan fingerprint density at radius 1 is 1.63 bits per heavy atom. The minimum Gasteiger partial charge on any atom is -0.481 e. The minimum atomic E-state index is -0.729. The number of carboxylic acids is 1. The molecule has 1 aromatic rings. The van der Waals surface area contributed by atoms with Crippen molar-refractivity contribution < 1.29 is 9.90 Å². The number of halogens is 1. The molecule has 1 aliphatic rings. The second-order valence-electron chi connectivity index (χ2n) is 5.59. The molecule has 5 nitrogen and oxygen atoms in total. The van der Waals surface area contributed by atoms with Gasteiger partial charge in [0, 0.05) is 24.6 Å². The molecule has 7 heteroatoms. The molecule has 2 rings (SSSR count). The van der Waals surface area contributed by atoms with E-state index in [0.717, 1.165) is 31.6 Å². The Bertz CT molecular complexity index is 464. The van der Waals surface area contributed by atoms with Crippen molar-refractivity contribution in [3.05, 3.63) is 10.0 Å². The van der Waals surface area contributed by atoms with E-state index < -0.39 is 11.4 Å². The lowest BCUT2D eigenvalue weighted by Crippen LogP contribution is -2.44. The number of aromatic nitrogens is 2. The summed E-state index contributed by atoms with van der Waals surface area (Å²) in [7, 11) is 0. The molecule has 0 bridgehead atoms. The van der Waals surface area contributed by atoms with E-state index in [1.165, 1.54) is 11.5 Å². The number of aliphatic carboxylic acids is 1. The largest absolute Gasteiger partial charge is 0.481 e. The van der Waals surface area contributed by atoms with Gasteiger partial charge in [0.1, 0.15) is 10.0 Å². The van der Waals surface area contributed by atoms with Gasteiger partial charge in [-0.15, -0.1) is 5.10 Å². The van der Waals surface area contributed by atoms with E-state index in [0.29, 0.717) is 10.9 Å². The molecule has 106 valence electrons. The predicted molar refractivity (Wildman–Crippen MR) is 74.3 cm³/mol. The second kappa shape index (κ2) is 5.73. The van der Waals surface area contributed by atoms with Gasteiger partial charge in [-0.1, -0.05) is 16.1 Å². The number of hydrogen-bond acceptors (Lipinski definition) is 5. The number of carboxylic acid groups (broad SMARTS) is 1. The van der Waals surface area contributed by atoms with E-state index in [2.05, 4.69) is 14.5 Å². The molecule has 0 aromatic carbocycles. The van der Waals surface area contributed by atoms with Crippen LogP contribution in [0, 0.1) is 11.3 Å². The van der Waals surface area contributed by atoms with E-state index in [1.54, 1.807) is 13.8 Å². The third-order valence-corrected chi connectivity index (χ3v) is 4.94. The summed E-state index contributed by atoms with van der Waals surface area (Å²) in [6, 6.07) is 0. The molecule has 0 spiro atoms. The van der Waals surface area contributed by atoms with Crippen molar-refractivity contribution in [2.45, 2.75) is 33.2 Å². The first-order chi connectivity index (χ1) is 8.91. The molecule has 1 fully saturated rings. The summed E-state index contributed by atoms with van der Waals surface area (Å²) < 4.78 is 4.45. The third-order valence-electron chi connectivity index (χ3n) is 3.96. The maximum absolute atomic E-state index is 11.3.